The van der Waals surface area contributed by atoms with Crippen molar-refractivity contribution in [1.82, 2.24) is 9.80 Å². The van der Waals surface area contributed by atoms with Gasteiger partial charge in [-0.25, -0.2) is 4.79 Å². The zero-order chi connectivity index (χ0) is 41.2. The predicted molar refractivity (Wildman–Crippen MR) is 219 cm³/mol. The van der Waals surface area contributed by atoms with E-state index in [0.29, 0.717) is 25.9 Å². The number of aliphatic hydroxyl groups excluding tert-OH is 2. The van der Waals surface area contributed by atoms with E-state index in [-0.39, 0.29) is 47.4 Å². The van der Waals surface area contributed by atoms with Gasteiger partial charge in [0.15, 0.2) is 23.5 Å². The summed E-state index contributed by atoms with van der Waals surface area (Å²) >= 11 is 6.08. The molecule has 6 aliphatic rings. The molecule has 3 N–H and O–H groups in total. The Morgan fingerprint density at radius 1 is 1.03 bits per heavy atom. The summed E-state index contributed by atoms with van der Waals surface area (Å²) in [6, 6.07) is 18.8. The number of carboxylic acid groups (broad SMARTS) is 1. The molecule has 11 nitrogen and oxygen atoms in total. The number of carbonyl (C=O) groups is 3. The van der Waals surface area contributed by atoms with Crippen molar-refractivity contribution in [3.8, 4) is 0 Å². The van der Waals surface area contributed by atoms with Crippen molar-refractivity contribution in [2.24, 2.45) is 28.6 Å². The Balaban J connectivity index is 0.000000179. The van der Waals surface area contributed by atoms with Gasteiger partial charge < -0.3 is 29.5 Å². The number of hydrogen-bond donors (Lipinski definition) is 3. The Morgan fingerprint density at radius 2 is 1.74 bits per heavy atom. The van der Waals surface area contributed by atoms with Crippen molar-refractivity contribution in [2.45, 2.75) is 89.4 Å². The molecule has 3 saturated carbocycles. The Kier molecular flexibility index (Phi) is 13.1. The molecular formula is C46H59ClN2O9. The summed E-state index contributed by atoms with van der Waals surface area (Å²) in [7, 11) is 0. The summed E-state index contributed by atoms with van der Waals surface area (Å²) in [6.07, 6.45) is 8.31. The van der Waals surface area contributed by atoms with Crippen molar-refractivity contribution >= 4 is 29.1 Å². The fraction of sp³-hybridized carbons (Fsp3) is 0.587. The average Bonchev–Trinajstić information content (AvgIpc) is 3.70. The van der Waals surface area contributed by atoms with Gasteiger partial charge in [0.1, 0.15) is 13.2 Å². The van der Waals surface area contributed by atoms with E-state index in [4.69, 9.17) is 30.9 Å². The van der Waals surface area contributed by atoms with Gasteiger partial charge in [-0.1, -0.05) is 92.9 Å². The lowest BCUT2D eigenvalue weighted by molar-refractivity contribution is -0.200. The number of piperazine rings is 1. The highest BCUT2D eigenvalue weighted by molar-refractivity contribution is 6.30. The van der Waals surface area contributed by atoms with Gasteiger partial charge in [0.2, 0.25) is 0 Å². The molecule has 4 aliphatic carbocycles. The molecule has 0 amide bonds. The molecule has 0 spiro atoms. The Hall–Kier alpha value is -3.26. The molecule has 314 valence electrons. The third kappa shape index (κ3) is 8.01. The lowest BCUT2D eigenvalue weighted by atomic mass is 9.46. The van der Waals surface area contributed by atoms with Crippen LogP contribution in [0, 0.1) is 28.6 Å². The Labute approximate surface area is 347 Å². The number of benzene rings is 2. The van der Waals surface area contributed by atoms with Crippen LogP contribution < -0.4 is 0 Å². The number of aliphatic hydroxyl groups is 2. The number of aliphatic carboxylic acids is 1. The smallest absolute Gasteiger partial charge is 0.329 e. The predicted octanol–water partition coefficient (Wildman–Crippen LogP) is 5.87. The van der Waals surface area contributed by atoms with Gasteiger partial charge in [-0.15, -0.1) is 0 Å². The molecule has 2 heterocycles. The van der Waals surface area contributed by atoms with Crippen LogP contribution in [0.5, 0.6) is 0 Å². The second-order valence-corrected chi connectivity index (χ2v) is 17.9. The summed E-state index contributed by atoms with van der Waals surface area (Å²) < 4.78 is 17.8. The van der Waals surface area contributed by atoms with Crippen molar-refractivity contribution in [3.05, 3.63) is 94.5 Å². The van der Waals surface area contributed by atoms with Gasteiger partial charge in [0, 0.05) is 54.5 Å². The summed E-state index contributed by atoms with van der Waals surface area (Å²) in [5.41, 5.74) is 1.47. The second kappa shape index (κ2) is 17.8. The minimum Gasteiger partial charge on any atom is -0.480 e. The molecule has 8 rings (SSSR count). The molecule has 0 bridgehead atoms. The van der Waals surface area contributed by atoms with Gasteiger partial charge in [-0.3, -0.25) is 19.4 Å². The molecule has 2 aliphatic heterocycles. The first-order valence-corrected chi connectivity index (χ1v) is 21.4. The number of nitrogens with zero attached hydrogens (tertiary/aromatic N) is 2. The maximum Gasteiger partial charge on any atom is 0.329 e. The molecule has 58 heavy (non-hydrogen) atoms. The number of carbonyl (C=O) groups excluding carboxylic acids is 2. The largest absolute Gasteiger partial charge is 0.480 e. The lowest BCUT2D eigenvalue weighted by Gasteiger charge is -2.59. The van der Waals surface area contributed by atoms with Crippen molar-refractivity contribution in [3.63, 3.8) is 0 Å². The van der Waals surface area contributed by atoms with Crippen LogP contribution in [0.15, 0.2) is 78.4 Å². The number of Topliss-reactive ketones (excluding diaryl/α,β-unsaturated/α-hetero) is 1. The van der Waals surface area contributed by atoms with Gasteiger partial charge in [0.05, 0.1) is 24.9 Å². The molecule has 2 aromatic carbocycles. The van der Waals surface area contributed by atoms with E-state index in [1.54, 1.807) is 12.2 Å². The van der Waals surface area contributed by atoms with E-state index in [2.05, 4.69) is 67.0 Å². The highest BCUT2D eigenvalue weighted by Gasteiger charge is 2.75. The van der Waals surface area contributed by atoms with Crippen LogP contribution >= 0.6 is 11.6 Å². The molecule has 0 aromatic heterocycles. The highest BCUT2D eigenvalue weighted by atomic mass is 35.5. The topological polar surface area (TPSA) is 146 Å². The third-order valence-electron chi connectivity index (χ3n) is 14.2. The monoisotopic (exact) mass is 818 g/mol. The summed E-state index contributed by atoms with van der Waals surface area (Å²) in [4.78, 5) is 40.5. The first kappa shape index (κ1) is 42.8. The molecule has 12 heteroatoms. The number of rotatable bonds is 12. The number of halogens is 1. The standard InChI is InChI=1S/C25H34O6.C21H25ClN2O3/c1-4-5-21-30-20-11-17-16-7-6-14-10-15(27)8-9-23(14,2)22(16)18(28)12-24(17,3)25(20,31-21)19(29)13-26;22-19-8-6-18(7-9-19)21(17-4-2-1-3-5-17)24-12-10-23(11-13-24)14-15-27-16-20(25)26/h8-10,16-18,20-22,26,28H,4-7,11-13H2,1-3H3;1-9,21H,10-16H2,(H,25,26)/t16-,17-,18-,20+,21+,22+,23-,24-,25+;/m0./s1. The van der Waals surface area contributed by atoms with Gasteiger partial charge in [-0.2, -0.15) is 0 Å². The SMILES string of the molecule is CCC[C@@H]1O[C@@H]2C[C@H]3[C@@H]4CCC5=CC(=O)C=C[C@]5(C)[C@H]4[C@@H](O)C[C@]3(C)[C@]2(C(=O)CO)O1.O=C(O)COCCN1CCN(C(c2ccccc2)c2ccc(Cl)cc2)CC1. The normalized spacial score (nSPS) is 34.8. The van der Waals surface area contributed by atoms with Crippen molar-refractivity contribution in [2.75, 3.05) is 52.5 Å². The first-order chi connectivity index (χ1) is 27.8. The van der Waals surface area contributed by atoms with Crippen molar-refractivity contribution < 1.29 is 43.9 Å². The molecular weight excluding hydrogens is 760 g/mol. The zero-order valence-corrected chi connectivity index (χ0v) is 34.7. The summed E-state index contributed by atoms with van der Waals surface area (Å²) in [5.74, 6) is -0.895. The highest BCUT2D eigenvalue weighted by Crippen LogP contribution is 2.69. The number of fused-ring (bicyclic) bond motifs is 7. The molecule has 10 atom stereocenters. The quantitative estimate of drug-likeness (QED) is 0.221. The molecule has 2 saturated heterocycles. The molecule has 5 fully saturated rings. The number of carboxylic acids is 1. The first-order valence-electron chi connectivity index (χ1n) is 21.0. The van der Waals surface area contributed by atoms with Crippen LogP contribution in [0.4, 0.5) is 0 Å². The van der Waals surface area contributed by atoms with Crippen LogP contribution in [-0.2, 0) is 28.6 Å². The molecule has 1 unspecified atom stereocenters. The Bertz CT molecular complexity index is 1850. The van der Waals surface area contributed by atoms with E-state index in [9.17, 15) is 24.6 Å². The van der Waals surface area contributed by atoms with E-state index >= 15 is 0 Å². The fourth-order valence-electron chi connectivity index (χ4n) is 11.6. The average molecular weight is 819 g/mol. The van der Waals surface area contributed by atoms with Crippen molar-refractivity contribution in [1.29, 1.82) is 0 Å². The van der Waals surface area contributed by atoms with E-state index in [1.807, 2.05) is 24.3 Å². The third-order valence-corrected chi connectivity index (χ3v) is 14.5. The summed E-state index contributed by atoms with van der Waals surface area (Å²) in [5, 5.41) is 30.8. The van der Waals surface area contributed by atoms with Crippen LogP contribution in [0.25, 0.3) is 0 Å². The second-order valence-electron chi connectivity index (χ2n) is 17.4. The minimum atomic E-state index is -1.20. The zero-order valence-electron chi connectivity index (χ0n) is 33.9. The van der Waals surface area contributed by atoms with Crippen LogP contribution in [0.2, 0.25) is 5.02 Å². The fourth-order valence-corrected chi connectivity index (χ4v) is 11.7. The van der Waals surface area contributed by atoms with Gasteiger partial charge >= 0.3 is 5.97 Å². The van der Waals surface area contributed by atoms with Crippen LogP contribution in [0.3, 0.4) is 0 Å². The number of ether oxygens (including phenoxy) is 3. The summed E-state index contributed by atoms with van der Waals surface area (Å²) in [6.45, 7) is 10.4. The van der Waals surface area contributed by atoms with Crippen LogP contribution in [-0.4, -0.2) is 119 Å². The van der Waals surface area contributed by atoms with E-state index in [0.717, 1.165) is 62.6 Å². The molecule has 2 aromatic rings. The van der Waals surface area contributed by atoms with Crippen LogP contribution in [0.1, 0.15) is 76.5 Å². The number of ketones is 2. The van der Waals surface area contributed by atoms with E-state index < -0.39 is 42.1 Å². The van der Waals surface area contributed by atoms with E-state index in [1.165, 1.54) is 11.1 Å². The lowest BCUT2D eigenvalue weighted by Crippen LogP contribution is -2.63. The van der Waals surface area contributed by atoms with Gasteiger partial charge in [-0.05, 0) is 79.4 Å². The minimum absolute atomic E-state index is 0.0125. The Morgan fingerprint density at radius 3 is 2.41 bits per heavy atom. The maximum atomic E-state index is 13.2. The number of allylic oxidation sites excluding steroid dienone is 4. The maximum absolute atomic E-state index is 13.2. The van der Waals surface area contributed by atoms with Gasteiger partial charge in [0.25, 0.3) is 0 Å². The molecule has 0 radical (unpaired) electrons. The number of hydrogen-bond acceptors (Lipinski definition) is 10.